The SMILES string of the molecule is O=C1C=C(Nc2cccc(Cl)c2)C(=O)c2c1nc1n2C[C@@H]([C@H](O)CO)OC1. The number of nitrogens with zero attached hydrogens (tertiary/aromatic N) is 2. The number of imidazole rings is 1. The molecule has 2 aromatic rings. The summed E-state index contributed by atoms with van der Waals surface area (Å²) < 4.78 is 7.06. The summed E-state index contributed by atoms with van der Waals surface area (Å²) in [6.07, 6.45) is -0.574. The summed E-state index contributed by atoms with van der Waals surface area (Å²) in [6, 6.07) is 6.80. The number of aromatic nitrogens is 2. The van der Waals surface area contributed by atoms with Crippen molar-refractivity contribution in [2.45, 2.75) is 25.4 Å². The van der Waals surface area contributed by atoms with Gasteiger partial charge < -0.3 is 24.8 Å². The number of fused-ring (bicyclic) bond motifs is 3. The summed E-state index contributed by atoms with van der Waals surface area (Å²) >= 11 is 5.96. The fourth-order valence-electron chi connectivity index (χ4n) is 3.18. The predicted molar refractivity (Wildman–Crippen MR) is 95.7 cm³/mol. The van der Waals surface area contributed by atoms with Crippen LogP contribution in [0, 0.1) is 0 Å². The molecule has 1 aliphatic heterocycles. The fraction of sp³-hybridized carbons (Fsp3) is 0.278. The Morgan fingerprint density at radius 1 is 1.41 bits per heavy atom. The quantitative estimate of drug-likeness (QED) is 0.719. The highest BCUT2D eigenvalue weighted by atomic mass is 35.5. The molecule has 2 heterocycles. The molecule has 0 radical (unpaired) electrons. The van der Waals surface area contributed by atoms with E-state index < -0.39 is 24.6 Å². The third kappa shape index (κ3) is 3.17. The van der Waals surface area contributed by atoms with Crippen molar-refractivity contribution < 1.29 is 24.5 Å². The lowest BCUT2D eigenvalue weighted by Crippen LogP contribution is -2.40. The molecule has 0 unspecified atom stereocenters. The van der Waals surface area contributed by atoms with Crippen molar-refractivity contribution >= 4 is 28.9 Å². The van der Waals surface area contributed by atoms with Crippen LogP contribution in [0.5, 0.6) is 0 Å². The second-order valence-corrected chi connectivity index (χ2v) is 6.76. The first-order valence-electron chi connectivity index (χ1n) is 8.31. The van der Waals surface area contributed by atoms with Crippen LogP contribution in [0.1, 0.15) is 26.8 Å². The van der Waals surface area contributed by atoms with Crippen molar-refractivity contribution in [3.05, 3.63) is 58.3 Å². The van der Waals surface area contributed by atoms with Gasteiger partial charge >= 0.3 is 0 Å². The van der Waals surface area contributed by atoms with E-state index in [4.69, 9.17) is 21.4 Å². The van der Waals surface area contributed by atoms with E-state index in [2.05, 4.69) is 10.3 Å². The maximum atomic E-state index is 13.0. The molecule has 0 saturated carbocycles. The second-order valence-electron chi connectivity index (χ2n) is 6.32. The van der Waals surface area contributed by atoms with E-state index in [0.717, 1.165) is 0 Å². The van der Waals surface area contributed by atoms with Gasteiger partial charge in [-0.15, -0.1) is 0 Å². The van der Waals surface area contributed by atoms with Crippen molar-refractivity contribution in [3.8, 4) is 0 Å². The number of halogens is 1. The zero-order valence-electron chi connectivity index (χ0n) is 14.1. The minimum atomic E-state index is -1.09. The molecule has 140 valence electrons. The molecule has 0 saturated heterocycles. The van der Waals surface area contributed by atoms with Crippen LogP contribution in [0.2, 0.25) is 5.02 Å². The van der Waals surface area contributed by atoms with Gasteiger partial charge in [0.2, 0.25) is 11.6 Å². The Bertz CT molecular complexity index is 968. The minimum Gasteiger partial charge on any atom is -0.394 e. The number of carbonyl (C=O) groups excluding carboxylic acids is 2. The number of nitrogens with one attached hydrogen (secondary N) is 1. The number of carbonyl (C=O) groups is 2. The molecule has 0 fully saturated rings. The van der Waals surface area contributed by atoms with Crippen LogP contribution in [0.3, 0.4) is 0 Å². The summed E-state index contributed by atoms with van der Waals surface area (Å²) in [6.45, 7) is -0.319. The number of benzene rings is 1. The van der Waals surface area contributed by atoms with Gasteiger partial charge in [0.25, 0.3) is 0 Å². The van der Waals surface area contributed by atoms with Crippen molar-refractivity contribution in [1.82, 2.24) is 9.55 Å². The first-order valence-corrected chi connectivity index (χ1v) is 8.69. The largest absolute Gasteiger partial charge is 0.394 e. The Balaban J connectivity index is 1.67. The van der Waals surface area contributed by atoms with Crippen molar-refractivity contribution in [2.75, 3.05) is 11.9 Å². The average Bonchev–Trinajstić information content (AvgIpc) is 3.05. The molecule has 0 spiro atoms. The number of anilines is 1. The van der Waals surface area contributed by atoms with Crippen LogP contribution in [0.4, 0.5) is 5.69 Å². The van der Waals surface area contributed by atoms with E-state index in [1.165, 1.54) is 6.08 Å². The number of hydrogen-bond acceptors (Lipinski definition) is 7. The molecule has 0 amide bonds. The predicted octanol–water partition coefficient (Wildman–Crippen LogP) is 1.16. The number of ether oxygens (including phenoxy) is 1. The number of allylic oxidation sites excluding steroid dienone is 2. The number of hydrogen-bond donors (Lipinski definition) is 3. The van der Waals surface area contributed by atoms with Gasteiger partial charge in [0.05, 0.1) is 18.8 Å². The van der Waals surface area contributed by atoms with Gasteiger partial charge in [0.15, 0.2) is 0 Å². The lowest BCUT2D eigenvalue weighted by molar-refractivity contribution is -0.0873. The van der Waals surface area contributed by atoms with Crippen LogP contribution < -0.4 is 5.32 Å². The number of ketones is 2. The van der Waals surface area contributed by atoms with Crippen molar-refractivity contribution in [2.24, 2.45) is 0 Å². The molecule has 9 heteroatoms. The van der Waals surface area contributed by atoms with E-state index in [1.54, 1.807) is 28.8 Å². The lowest BCUT2D eigenvalue weighted by atomic mass is 10.0. The molecule has 1 aromatic heterocycles. The third-order valence-corrected chi connectivity index (χ3v) is 4.76. The number of Topliss-reactive ketones (excluding diaryl/α,β-unsaturated/α-hetero) is 1. The zero-order chi connectivity index (χ0) is 19.1. The van der Waals surface area contributed by atoms with E-state index in [-0.39, 0.29) is 36.0 Å². The highest BCUT2D eigenvalue weighted by Crippen LogP contribution is 2.28. The fourth-order valence-corrected chi connectivity index (χ4v) is 3.37. The standard InChI is InChI=1S/C18H16ClN3O5/c19-9-2-1-3-10(4-9)20-11-5-12(24)16-17(18(11)26)22-6-14(13(25)7-23)27-8-15(22)21-16/h1-5,13-14,20,23,25H,6-8H2/t13-,14+/m1/s1. The van der Waals surface area contributed by atoms with Gasteiger partial charge in [0, 0.05) is 16.8 Å². The molecular weight excluding hydrogens is 374 g/mol. The van der Waals surface area contributed by atoms with Crippen LogP contribution in [-0.4, -0.2) is 50.1 Å². The van der Waals surface area contributed by atoms with E-state index in [9.17, 15) is 14.7 Å². The molecular formula is C18H16ClN3O5. The lowest BCUT2D eigenvalue weighted by Gasteiger charge is -2.28. The second kappa shape index (κ2) is 6.90. The normalized spacial score (nSPS) is 20.0. The van der Waals surface area contributed by atoms with Gasteiger partial charge in [-0.25, -0.2) is 4.98 Å². The third-order valence-electron chi connectivity index (χ3n) is 4.52. The summed E-state index contributed by atoms with van der Waals surface area (Å²) in [5.74, 6) is -0.349. The van der Waals surface area contributed by atoms with Crippen molar-refractivity contribution in [3.63, 3.8) is 0 Å². The van der Waals surface area contributed by atoms with Gasteiger partial charge in [-0.1, -0.05) is 17.7 Å². The molecule has 8 nitrogen and oxygen atoms in total. The van der Waals surface area contributed by atoms with E-state index in [0.29, 0.717) is 16.5 Å². The Kier molecular flexibility index (Phi) is 4.56. The van der Waals surface area contributed by atoms with E-state index in [1.807, 2.05) is 0 Å². The molecule has 2 aliphatic rings. The highest BCUT2D eigenvalue weighted by Gasteiger charge is 2.36. The summed E-state index contributed by atoms with van der Waals surface area (Å²) in [4.78, 5) is 29.7. The first kappa shape index (κ1) is 17.9. The monoisotopic (exact) mass is 389 g/mol. The van der Waals surface area contributed by atoms with Crippen LogP contribution in [0.15, 0.2) is 36.0 Å². The van der Waals surface area contributed by atoms with Crippen LogP contribution in [0.25, 0.3) is 0 Å². The molecule has 4 rings (SSSR count). The number of rotatable bonds is 4. The summed E-state index contributed by atoms with van der Waals surface area (Å²) in [5.41, 5.74) is 0.909. The van der Waals surface area contributed by atoms with Gasteiger partial charge in [-0.3, -0.25) is 9.59 Å². The Morgan fingerprint density at radius 2 is 2.22 bits per heavy atom. The molecule has 0 bridgehead atoms. The molecule has 2 atom stereocenters. The Labute approximate surface area is 159 Å². The molecule has 3 N–H and O–H groups in total. The maximum Gasteiger partial charge on any atom is 0.228 e. The van der Waals surface area contributed by atoms with Gasteiger partial charge in [0.1, 0.15) is 36.0 Å². The number of aliphatic hydroxyl groups excluding tert-OH is 2. The molecule has 1 aromatic carbocycles. The summed E-state index contributed by atoms with van der Waals surface area (Å²) in [5, 5.41) is 22.4. The Hall–Kier alpha value is -2.52. The highest BCUT2D eigenvalue weighted by molar-refractivity contribution is 6.31. The smallest absolute Gasteiger partial charge is 0.228 e. The first-order chi connectivity index (χ1) is 13.0. The van der Waals surface area contributed by atoms with E-state index >= 15 is 0 Å². The van der Waals surface area contributed by atoms with Gasteiger partial charge in [-0.05, 0) is 18.2 Å². The zero-order valence-corrected chi connectivity index (χ0v) is 14.8. The van der Waals surface area contributed by atoms with Crippen LogP contribution in [-0.2, 0) is 17.9 Å². The Morgan fingerprint density at radius 3 is 2.96 bits per heavy atom. The molecule has 27 heavy (non-hydrogen) atoms. The molecule has 1 aliphatic carbocycles. The topological polar surface area (TPSA) is 114 Å². The van der Waals surface area contributed by atoms with Crippen LogP contribution >= 0.6 is 11.6 Å². The van der Waals surface area contributed by atoms with Crippen molar-refractivity contribution in [1.29, 1.82) is 0 Å². The average molecular weight is 390 g/mol. The maximum absolute atomic E-state index is 13.0. The van der Waals surface area contributed by atoms with Gasteiger partial charge in [-0.2, -0.15) is 0 Å². The summed E-state index contributed by atoms with van der Waals surface area (Å²) in [7, 11) is 0. The minimum absolute atomic E-state index is 0.0341. The number of aliphatic hydroxyl groups is 2.